The number of rotatable bonds is 17. The van der Waals surface area contributed by atoms with E-state index in [1.165, 1.54) is 57.6 Å². The van der Waals surface area contributed by atoms with Gasteiger partial charge in [0.2, 0.25) is 11.8 Å². The zero-order valence-corrected chi connectivity index (χ0v) is 28.6. The van der Waals surface area contributed by atoms with Crippen molar-refractivity contribution in [3.8, 4) is 23.0 Å². The summed E-state index contributed by atoms with van der Waals surface area (Å²) in [6.07, 6.45) is 1.96. The van der Waals surface area contributed by atoms with Gasteiger partial charge in [-0.1, -0.05) is 44.0 Å². The third kappa shape index (κ3) is 8.76. The lowest BCUT2D eigenvalue weighted by Gasteiger charge is -2.33. The van der Waals surface area contributed by atoms with Crippen LogP contribution < -0.4 is 28.6 Å². The average Bonchev–Trinajstić information content (AvgIpc) is 3.07. The molecule has 0 radical (unpaired) electrons. The SMILES string of the molecule is CCCCNC(=O)[C@@H](CC)N(Cc1ccc(Cl)cc1)C(=O)CN(c1cc(OC)ccc1OC)S(=O)(=O)c1ccc(OC)c(OC)c1. The van der Waals surface area contributed by atoms with Crippen LogP contribution in [0.2, 0.25) is 5.02 Å². The number of unbranched alkanes of at least 4 members (excludes halogenated alkanes) is 1. The number of sulfonamides is 1. The van der Waals surface area contributed by atoms with E-state index in [1.807, 2.05) is 6.92 Å². The molecule has 0 heterocycles. The van der Waals surface area contributed by atoms with Gasteiger partial charge in [0.15, 0.2) is 11.5 Å². The summed E-state index contributed by atoms with van der Waals surface area (Å²) >= 11 is 6.10. The maximum atomic E-state index is 14.4. The van der Waals surface area contributed by atoms with Crippen molar-refractivity contribution < 1.29 is 37.0 Å². The van der Waals surface area contributed by atoms with Gasteiger partial charge in [-0.2, -0.15) is 0 Å². The number of ether oxygens (including phenoxy) is 4. The van der Waals surface area contributed by atoms with Crippen molar-refractivity contribution in [2.45, 2.75) is 50.6 Å². The second-order valence-corrected chi connectivity index (χ2v) is 12.6. The van der Waals surface area contributed by atoms with Crippen LogP contribution in [-0.2, 0) is 26.2 Å². The fourth-order valence-corrected chi connectivity index (χ4v) is 6.38. The molecule has 0 saturated carbocycles. The maximum absolute atomic E-state index is 14.4. The van der Waals surface area contributed by atoms with Crippen LogP contribution in [0.3, 0.4) is 0 Å². The van der Waals surface area contributed by atoms with Gasteiger partial charge in [0.05, 0.1) is 39.0 Å². The van der Waals surface area contributed by atoms with Gasteiger partial charge in [0, 0.05) is 30.2 Å². The van der Waals surface area contributed by atoms with E-state index >= 15 is 0 Å². The van der Waals surface area contributed by atoms with Gasteiger partial charge in [0.25, 0.3) is 10.0 Å². The smallest absolute Gasteiger partial charge is 0.265 e. The van der Waals surface area contributed by atoms with Crippen molar-refractivity contribution in [3.05, 3.63) is 71.2 Å². The number of hydrogen-bond donors (Lipinski definition) is 1. The zero-order valence-electron chi connectivity index (χ0n) is 27.0. The average molecular weight is 676 g/mol. The van der Waals surface area contributed by atoms with Crippen molar-refractivity contribution in [3.63, 3.8) is 0 Å². The summed E-state index contributed by atoms with van der Waals surface area (Å²) in [6, 6.07) is 14.8. The lowest BCUT2D eigenvalue weighted by atomic mass is 10.1. The number of nitrogens with one attached hydrogen (secondary N) is 1. The molecule has 0 bridgehead atoms. The van der Waals surface area contributed by atoms with Crippen LogP contribution in [0, 0.1) is 0 Å². The number of carbonyl (C=O) groups is 2. The number of halogens is 1. The van der Waals surface area contributed by atoms with Gasteiger partial charge < -0.3 is 29.2 Å². The van der Waals surface area contributed by atoms with E-state index in [0.29, 0.717) is 35.1 Å². The van der Waals surface area contributed by atoms with E-state index in [2.05, 4.69) is 5.32 Å². The molecule has 13 heteroatoms. The van der Waals surface area contributed by atoms with Crippen LogP contribution in [0.1, 0.15) is 38.7 Å². The minimum Gasteiger partial charge on any atom is -0.497 e. The Hall–Kier alpha value is -4.16. The lowest BCUT2D eigenvalue weighted by molar-refractivity contribution is -0.140. The molecule has 0 aromatic heterocycles. The first kappa shape index (κ1) is 36.3. The number of anilines is 1. The van der Waals surface area contributed by atoms with Crippen LogP contribution in [0.5, 0.6) is 23.0 Å². The van der Waals surface area contributed by atoms with Gasteiger partial charge in [-0.15, -0.1) is 0 Å². The molecule has 3 aromatic rings. The fourth-order valence-electron chi connectivity index (χ4n) is 4.82. The molecular formula is C33H42ClN3O8S. The first-order valence-electron chi connectivity index (χ1n) is 14.8. The van der Waals surface area contributed by atoms with Crippen molar-refractivity contribution in [1.29, 1.82) is 0 Å². The summed E-state index contributed by atoms with van der Waals surface area (Å²) in [6.45, 7) is 3.65. The van der Waals surface area contributed by atoms with E-state index in [-0.39, 0.29) is 34.5 Å². The molecule has 3 aromatic carbocycles. The Balaban J connectivity index is 2.17. The second kappa shape index (κ2) is 17.0. The standard InChI is InChI=1S/C33H42ClN3O8S/c1-7-9-18-35-33(39)27(8-2)36(21-23-10-12-24(34)13-11-23)32(38)22-37(28-19-25(42-3)14-16-29(28)43-4)46(40,41)26-15-17-30(44-5)31(20-26)45-6/h10-17,19-20,27H,7-9,18,21-22H2,1-6H3,(H,35,39)/t27-/m1/s1. The molecule has 0 fully saturated rings. The first-order chi connectivity index (χ1) is 22.0. The Bertz CT molecular complexity index is 1580. The topological polar surface area (TPSA) is 124 Å². The first-order valence-corrected chi connectivity index (χ1v) is 16.6. The molecule has 1 N–H and O–H groups in total. The quantitative estimate of drug-likeness (QED) is 0.192. The molecule has 0 unspecified atom stereocenters. The van der Waals surface area contributed by atoms with Gasteiger partial charge in [0.1, 0.15) is 24.1 Å². The minimum atomic E-state index is -4.45. The highest BCUT2D eigenvalue weighted by Crippen LogP contribution is 2.38. The third-order valence-electron chi connectivity index (χ3n) is 7.36. The highest BCUT2D eigenvalue weighted by molar-refractivity contribution is 7.92. The normalized spacial score (nSPS) is 11.7. The number of amides is 2. The zero-order chi connectivity index (χ0) is 33.9. The Labute approximate surface area is 276 Å². The van der Waals surface area contributed by atoms with Crippen molar-refractivity contribution in [2.24, 2.45) is 0 Å². The van der Waals surface area contributed by atoms with Crippen LogP contribution >= 0.6 is 11.6 Å². The van der Waals surface area contributed by atoms with Crippen LogP contribution in [0.4, 0.5) is 5.69 Å². The van der Waals surface area contributed by atoms with E-state index in [4.69, 9.17) is 30.5 Å². The van der Waals surface area contributed by atoms with Crippen LogP contribution in [0.25, 0.3) is 0 Å². The fraction of sp³-hybridized carbons (Fsp3) is 0.394. The molecule has 250 valence electrons. The molecule has 11 nitrogen and oxygen atoms in total. The van der Waals surface area contributed by atoms with Gasteiger partial charge in [-0.3, -0.25) is 13.9 Å². The van der Waals surface area contributed by atoms with Crippen molar-refractivity contribution >= 4 is 39.1 Å². The van der Waals surface area contributed by atoms with Crippen LogP contribution in [0.15, 0.2) is 65.6 Å². The predicted octanol–water partition coefficient (Wildman–Crippen LogP) is 5.29. The highest BCUT2D eigenvalue weighted by Gasteiger charge is 2.35. The lowest BCUT2D eigenvalue weighted by Crippen LogP contribution is -2.52. The molecular weight excluding hydrogens is 634 g/mol. The molecule has 3 rings (SSSR count). The van der Waals surface area contributed by atoms with E-state index in [1.54, 1.807) is 43.3 Å². The molecule has 1 atom stereocenters. The molecule has 2 amide bonds. The summed E-state index contributed by atoms with van der Waals surface area (Å²) in [4.78, 5) is 29.0. The number of hydrogen-bond acceptors (Lipinski definition) is 8. The predicted molar refractivity (Wildman–Crippen MR) is 178 cm³/mol. The number of benzene rings is 3. The Morgan fingerprint density at radius 3 is 2.09 bits per heavy atom. The van der Waals surface area contributed by atoms with Crippen molar-refractivity contribution in [1.82, 2.24) is 10.2 Å². The molecule has 0 aliphatic heterocycles. The molecule has 0 aliphatic rings. The van der Waals surface area contributed by atoms with Gasteiger partial charge in [-0.05, 0) is 54.8 Å². The Kier molecular flexibility index (Phi) is 13.4. The summed E-state index contributed by atoms with van der Waals surface area (Å²) in [5.41, 5.74) is 0.780. The number of methoxy groups -OCH3 is 4. The van der Waals surface area contributed by atoms with E-state index < -0.39 is 28.5 Å². The monoisotopic (exact) mass is 675 g/mol. The van der Waals surface area contributed by atoms with Gasteiger partial charge >= 0.3 is 0 Å². The molecule has 0 aliphatic carbocycles. The maximum Gasteiger partial charge on any atom is 0.265 e. The minimum absolute atomic E-state index is 0.0369. The number of nitrogens with zero attached hydrogens (tertiary/aromatic N) is 2. The Morgan fingerprint density at radius 1 is 0.848 bits per heavy atom. The van der Waals surface area contributed by atoms with E-state index in [9.17, 15) is 18.0 Å². The number of carbonyl (C=O) groups excluding carboxylic acids is 2. The van der Waals surface area contributed by atoms with Crippen LogP contribution in [-0.4, -0.2) is 72.7 Å². The van der Waals surface area contributed by atoms with E-state index in [0.717, 1.165) is 17.1 Å². The van der Waals surface area contributed by atoms with Crippen molar-refractivity contribution in [2.75, 3.05) is 45.8 Å². The largest absolute Gasteiger partial charge is 0.497 e. The summed E-state index contributed by atoms with van der Waals surface area (Å²) in [5, 5.41) is 3.43. The summed E-state index contributed by atoms with van der Waals surface area (Å²) in [7, 11) is 1.23. The molecule has 0 spiro atoms. The summed E-state index contributed by atoms with van der Waals surface area (Å²) < 4.78 is 51.4. The Morgan fingerprint density at radius 2 is 1.50 bits per heavy atom. The highest BCUT2D eigenvalue weighted by atomic mass is 35.5. The molecule has 0 saturated heterocycles. The van der Waals surface area contributed by atoms with Gasteiger partial charge in [-0.25, -0.2) is 8.42 Å². The second-order valence-electron chi connectivity index (χ2n) is 10.3. The third-order valence-corrected chi connectivity index (χ3v) is 9.37. The summed E-state index contributed by atoms with van der Waals surface area (Å²) in [5.74, 6) is 0.110. The molecule has 46 heavy (non-hydrogen) atoms.